The predicted octanol–water partition coefficient (Wildman–Crippen LogP) is 10.6. The van der Waals surface area contributed by atoms with Gasteiger partial charge in [0.25, 0.3) is 0 Å². The normalized spacial score (nSPS) is 33.2. The van der Waals surface area contributed by atoms with Crippen LogP contribution in [-0.2, 0) is 43.1 Å². The van der Waals surface area contributed by atoms with E-state index in [0.717, 1.165) is 115 Å². The lowest BCUT2D eigenvalue weighted by atomic mass is 9.70. The third kappa shape index (κ3) is 16.9. The number of rotatable bonds is 24. The van der Waals surface area contributed by atoms with E-state index in [4.69, 9.17) is 28.7 Å². The van der Waals surface area contributed by atoms with E-state index in [2.05, 4.69) is 0 Å². The molecule has 6 saturated carbocycles. The van der Waals surface area contributed by atoms with E-state index in [9.17, 15) is 24.6 Å². The lowest BCUT2D eigenvalue weighted by molar-refractivity contribution is -0.337. The van der Waals surface area contributed by atoms with Gasteiger partial charge < -0.3 is 29.2 Å². The minimum Gasteiger partial charge on any atom is -0.481 e. The molecule has 6 fully saturated rings. The first kappa shape index (κ1) is 48.7. The second kappa shape index (κ2) is 26.9. The summed E-state index contributed by atoms with van der Waals surface area (Å²) in [4.78, 5) is 49.0. The van der Waals surface area contributed by atoms with Gasteiger partial charge in [-0.3, -0.25) is 14.4 Å². The minimum atomic E-state index is -0.845. The van der Waals surface area contributed by atoms with E-state index >= 15 is 0 Å². The van der Waals surface area contributed by atoms with Gasteiger partial charge in [-0.2, -0.15) is 0 Å². The Morgan fingerprint density at radius 1 is 0.426 bits per heavy atom. The Morgan fingerprint density at radius 3 is 1.41 bits per heavy atom. The monoisotopic (exact) mass is 861 g/mol. The van der Waals surface area contributed by atoms with Crippen LogP contribution in [0.2, 0.25) is 0 Å². The maximum Gasteiger partial charge on any atom is 0.310 e. The zero-order chi connectivity index (χ0) is 42.7. The Bertz CT molecular complexity index is 1250. The Morgan fingerprint density at radius 2 is 0.885 bits per heavy atom. The SMILES string of the molecule is O=C(O)C1CCC(CC2CCCCC2)CC1COOC1CCC(CCOCCOCCOCCC2CCC(OC(=O)C3CC(CC4CCCCC4)CCC3C(=O)O)CC2)CC1. The predicted molar refractivity (Wildman–Crippen MR) is 233 cm³/mol. The quantitative estimate of drug-likeness (QED) is 0.0414. The summed E-state index contributed by atoms with van der Waals surface area (Å²) in [5.74, 6) is 0.658. The summed E-state index contributed by atoms with van der Waals surface area (Å²) in [6, 6.07) is 0. The van der Waals surface area contributed by atoms with E-state index in [1.165, 1.54) is 70.6 Å². The summed E-state index contributed by atoms with van der Waals surface area (Å²) >= 11 is 0. The van der Waals surface area contributed by atoms with Gasteiger partial charge in [0.15, 0.2) is 0 Å². The van der Waals surface area contributed by atoms with E-state index < -0.39 is 23.8 Å². The van der Waals surface area contributed by atoms with Crippen molar-refractivity contribution in [2.45, 2.75) is 192 Å². The summed E-state index contributed by atoms with van der Waals surface area (Å²) in [6.07, 6.45) is 30.5. The first-order valence-corrected chi connectivity index (χ1v) is 25.5. The van der Waals surface area contributed by atoms with E-state index in [1.54, 1.807) is 0 Å². The van der Waals surface area contributed by atoms with E-state index in [-0.39, 0.29) is 30.0 Å². The van der Waals surface area contributed by atoms with Crippen LogP contribution in [0.15, 0.2) is 0 Å². The number of aliphatic carboxylic acids is 2. The van der Waals surface area contributed by atoms with Crippen molar-refractivity contribution in [2.24, 2.45) is 59.2 Å². The molecule has 6 aliphatic rings. The van der Waals surface area contributed by atoms with E-state index in [1.807, 2.05) is 0 Å². The zero-order valence-corrected chi connectivity index (χ0v) is 37.7. The van der Waals surface area contributed by atoms with Gasteiger partial charge in [-0.25, -0.2) is 9.78 Å². The van der Waals surface area contributed by atoms with Gasteiger partial charge in [-0.1, -0.05) is 64.2 Å². The van der Waals surface area contributed by atoms with Gasteiger partial charge in [-0.15, -0.1) is 0 Å². The molecule has 11 nitrogen and oxygen atoms in total. The maximum atomic E-state index is 13.3. The van der Waals surface area contributed by atoms with Gasteiger partial charge >= 0.3 is 17.9 Å². The molecule has 6 rings (SSSR count). The van der Waals surface area contributed by atoms with Crippen LogP contribution in [0, 0.1) is 59.2 Å². The number of hydrogen-bond donors (Lipinski definition) is 2. The Labute approximate surface area is 367 Å². The molecule has 6 aliphatic carbocycles. The highest BCUT2D eigenvalue weighted by Crippen LogP contribution is 2.43. The molecular formula is C50H84O11. The molecular weight excluding hydrogens is 777 g/mol. The first-order valence-electron chi connectivity index (χ1n) is 25.5. The van der Waals surface area contributed by atoms with Gasteiger partial charge in [0.2, 0.25) is 0 Å². The fourth-order valence-electron chi connectivity index (χ4n) is 12.5. The van der Waals surface area contributed by atoms with Gasteiger partial charge in [0, 0.05) is 13.2 Å². The number of carbonyl (C=O) groups is 3. The number of ether oxygens (including phenoxy) is 4. The van der Waals surface area contributed by atoms with Gasteiger partial charge in [-0.05, 0) is 157 Å². The second-order valence-corrected chi connectivity index (χ2v) is 20.6. The molecule has 0 heterocycles. The summed E-state index contributed by atoms with van der Waals surface area (Å²) in [5.41, 5.74) is 0. The average molecular weight is 861 g/mol. The summed E-state index contributed by atoms with van der Waals surface area (Å²) in [6.45, 7) is 4.09. The van der Waals surface area contributed by atoms with Crippen LogP contribution in [0.1, 0.15) is 180 Å². The number of esters is 1. The third-order valence-corrected chi connectivity index (χ3v) is 16.2. The number of carbonyl (C=O) groups excluding carboxylic acids is 1. The van der Waals surface area contributed by atoms with Crippen molar-refractivity contribution in [1.29, 1.82) is 0 Å². The van der Waals surface area contributed by atoms with Crippen molar-refractivity contribution in [3.05, 3.63) is 0 Å². The van der Waals surface area contributed by atoms with Crippen molar-refractivity contribution in [3.63, 3.8) is 0 Å². The van der Waals surface area contributed by atoms with Crippen molar-refractivity contribution >= 4 is 17.9 Å². The van der Waals surface area contributed by atoms with Crippen LogP contribution in [0.25, 0.3) is 0 Å². The molecule has 0 aromatic heterocycles. The molecule has 2 N–H and O–H groups in total. The molecule has 0 bridgehead atoms. The first-order chi connectivity index (χ1) is 29.8. The fraction of sp³-hybridized carbons (Fsp3) is 0.940. The number of carboxylic acid groups (broad SMARTS) is 2. The molecule has 6 unspecified atom stereocenters. The molecule has 0 saturated heterocycles. The Kier molecular flexibility index (Phi) is 21.4. The van der Waals surface area contributed by atoms with Crippen LogP contribution >= 0.6 is 0 Å². The average Bonchev–Trinajstić information content (AvgIpc) is 3.27. The second-order valence-electron chi connectivity index (χ2n) is 20.6. The fourth-order valence-corrected chi connectivity index (χ4v) is 12.5. The van der Waals surface area contributed by atoms with Crippen LogP contribution in [-0.4, -0.2) is 86.6 Å². The molecule has 0 radical (unpaired) electrons. The largest absolute Gasteiger partial charge is 0.481 e. The minimum absolute atomic E-state index is 0.0437. The zero-order valence-electron chi connectivity index (χ0n) is 37.7. The molecule has 11 heteroatoms. The van der Waals surface area contributed by atoms with Crippen LogP contribution in [0.5, 0.6) is 0 Å². The van der Waals surface area contributed by atoms with Crippen molar-refractivity contribution in [2.75, 3.05) is 46.2 Å². The van der Waals surface area contributed by atoms with Gasteiger partial charge in [0.05, 0.1) is 56.9 Å². The van der Waals surface area contributed by atoms with Crippen molar-refractivity contribution in [1.82, 2.24) is 0 Å². The standard InChI is InChI=1S/C50H84O11/c51-48(52)45-21-15-40(31-38-7-3-1-4-8-38)33-42(45)35-59-61-44-19-13-37(14-20-44)24-26-57-28-30-58-29-27-56-25-23-36-11-17-43(18-12-36)60-50(55)47-34-41(16-22-46(47)49(53)54)32-39-9-5-2-6-10-39/h36-47H,1-35H2,(H,51,52)(H,53,54). The lowest BCUT2D eigenvalue weighted by Crippen LogP contribution is -2.39. The molecule has 6 atom stereocenters. The van der Waals surface area contributed by atoms with E-state index in [0.29, 0.717) is 76.2 Å². The van der Waals surface area contributed by atoms with Crippen molar-refractivity contribution < 1.29 is 53.3 Å². The molecule has 0 aliphatic heterocycles. The molecule has 0 spiro atoms. The highest BCUT2D eigenvalue weighted by Gasteiger charge is 2.42. The molecule has 0 aromatic carbocycles. The highest BCUT2D eigenvalue weighted by molar-refractivity contribution is 5.81. The third-order valence-electron chi connectivity index (χ3n) is 16.2. The van der Waals surface area contributed by atoms with Crippen molar-refractivity contribution in [3.8, 4) is 0 Å². The van der Waals surface area contributed by atoms with Crippen LogP contribution in [0.4, 0.5) is 0 Å². The lowest BCUT2D eigenvalue weighted by Gasteiger charge is -2.36. The Balaban J connectivity index is 0.721. The number of carboxylic acids is 2. The smallest absolute Gasteiger partial charge is 0.310 e. The van der Waals surface area contributed by atoms with Crippen LogP contribution in [0.3, 0.4) is 0 Å². The number of hydrogen-bond acceptors (Lipinski definition) is 9. The topological polar surface area (TPSA) is 147 Å². The Hall–Kier alpha value is -1.79. The maximum absolute atomic E-state index is 13.3. The van der Waals surface area contributed by atoms with Gasteiger partial charge in [0.1, 0.15) is 6.10 Å². The molecule has 350 valence electrons. The summed E-state index contributed by atoms with van der Waals surface area (Å²) < 4.78 is 23.5. The molecule has 0 aromatic rings. The molecule has 0 amide bonds. The van der Waals surface area contributed by atoms with Crippen LogP contribution < -0.4 is 0 Å². The molecule has 61 heavy (non-hydrogen) atoms. The summed E-state index contributed by atoms with van der Waals surface area (Å²) in [5, 5.41) is 19.7. The highest BCUT2D eigenvalue weighted by atomic mass is 17.2. The summed E-state index contributed by atoms with van der Waals surface area (Å²) in [7, 11) is 0.